The zero-order chi connectivity index (χ0) is 30.5. The summed E-state index contributed by atoms with van der Waals surface area (Å²) in [5.74, 6) is -3.04. The second-order valence-corrected chi connectivity index (χ2v) is 10.6. The molecule has 0 radical (unpaired) electrons. The molecule has 0 fully saturated rings. The summed E-state index contributed by atoms with van der Waals surface area (Å²) in [7, 11) is 0. The number of benzene rings is 1. The van der Waals surface area contributed by atoms with Crippen LogP contribution in [0.4, 0.5) is 0 Å². The van der Waals surface area contributed by atoms with Gasteiger partial charge in [-0.25, -0.2) is 4.79 Å². The number of rotatable bonds is 17. The van der Waals surface area contributed by atoms with Crippen molar-refractivity contribution in [1.82, 2.24) is 20.9 Å². The van der Waals surface area contributed by atoms with Crippen molar-refractivity contribution >= 4 is 52.3 Å². The molecule has 3 amide bonds. The van der Waals surface area contributed by atoms with Gasteiger partial charge in [0.15, 0.2) is 12.0 Å². The van der Waals surface area contributed by atoms with Crippen molar-refractivity contribution in [3.05, 3.63) is 36.0 Å². The number of aliphatic imine (C=N–C) groups is 1. The van der Waals surface area contributed by atoms with E-state index in [-0.39, 0.29) is 38.2 Å². The van der Waals surface area contributed by atoms with E-state index in [0.29, 0.717) is 5.75 Å². The number of aliphatic carboxylic acids is 1. The summed E-state index contributed by atoms with van der Waals surface area (Å²) >= 11 is 1.47. The summed E-state index contributed by atoms with van der Waals surface area (Å²) in [5.41, 5.74) is 18.7. The highest BCUT2D eigenvalue weighted by molar-refractivity contribution is 7.98. The molecule has 0 aliphatic rings. The molecule has 5 unspecified atom stereocenters. The van der Waals surface area contributed by atoms with E-state index in [9.17, 15) is 29.4 Å². The third-order valence-electron chi connectivity index (χ3n) is 6.32. The van der Waals surface area contributed by atoms with Crippen LogP contribution in [0.2, 0.25) is 0 Å². The van der Waals surface area contributed by atoms with Gasteiger partial charge < -0.3 is 48.3 Å². The fourth-order valence-corrected chi connectivity index (χ4v) is 4.57. The van der Waals surface area contributed by atoms with Crippen molar-refractivity contribution in [2.45, 2.75) is 62.9 Å². The topological polar surface area (TPSA) is 251 Å². The number of para-hydroxylation sites is 1. The maximum Gasteiger partial charge on any atom is 0.328 e. The van der Waals surface area contributed by atoms with Crippen molar-refractivity contribution < 1.29 is 29.4 Å². The van der Waals surface area contributed by atoms with Gasteiger partial charge in [-0.2, -0.15) is 11.8 Å². The summed E-state index contributed by atoms with van der Waals surface area (Å²) in [5, 5.41) is 27.6. The van der Waals surface area contributed by atoms with Gasteiger partial charge in [0, 0.05) is 23.6 Å². The van der Waals surface area contributed by atoms with Gasteiger partial charge in [-0.15, -0.1) is 0 Å². The Morgan fingerprint density at radius 1 is 1.02 bits per heavy atom. The van der Waals surface area contributed by atoms with Crippen molar-refractivity contribution in [2.24, 2.45) is 22.2 Å². The number of carbonyl (C=O) groups is 4. The molecule has 0 aliphatic heterocycles. The summed E-state index contributed by atoms with van der Waals surface area (Å²) < 4.78 is 0. The molecule has 12 N–H and O–H groups in total. The molecular weight excluding hydrogens is 552 g/mol. The molecular formula is C26H40N8O6S. The van der Waals surface area contributed by atoms with E-state index >= 15 is 0 Å². The third kappa shape index (κ3) is 10.6. The van der Waals surface area contributed by atoms with Crippen molar-refractivity contribution in [3.63, 3.8) is 0 Å². The highest BCUT2D eigenvalue weighted by Crippen LogP contribution is 2.19. The minimum atomic E-state index is -1.59. The SMILES string of the molecule is CSCCC(NC(=O)C(N)Cc1c[nH]c2ccccc12)C(=O)NC(CCCN=C(N)N)C(=O)NC(C(=O)O)C(C)O. The van der Waals surface area contributed by atoms with E-state index in [2.05, 4.69) is 25.9 Å². The Morgan fingerprint density at radius 2 is 1.66 bits per heavy atom. The molecule has 2 aromatic rings. The Labute approximate surface area is 242 Å². The largest absolute Gasteiger partial charge is 0.480 e. The number of carboxylic acid groups (broad SMARTS) is 1. The van der Waals surface area contributed by atoms with Gasteiger partial charge in [0.05, 0.1) is 12.1 Å². The second-order valence-electron chi connectivity index (χ2n) is 9.59. The number of amides is 3. The summed E-state index contributed by atoms with van der Waals surface area (Å²) in [4.78, 5) is 57.8. The third-order valence-corrected chi connectivity index (χ3v) is 6.96. The molecule has 0 saturated heterocycles. The average Bonchev–Trinajstić information content (AvgIpc) is 3.32. The van der Waals surface area contributed by atoms with Crippen molar-refractivity contribution in [2.75, 3.05) is 18.6 Å². The molecule has 1 aromatic carbocycles. The lowest BCUT2D eigenvalue weighted by atomic mass is 10.0. The van der Waals surface area contributed by atoms with Crippen LogP contribution in [-0.4, -0.2) is 93.7 Å². The number of hydrogen-bond acceptors (Lipinski definition) is 8. The minimum absolute atomic E-state index is 0.0593. The highest BCUT2D eigenvalue weighted by atomic mass is 32.2. The first-order valence-electron chi connectivity index (χ1n) is 13.1. The number of aliphatic hydroxyl groups excluding tert-OH is 1. The summed E-state index contributed by atoms with van der Waals surface area (Å²) in [6.45, 7) is 1.38. The zero-order valence-electron chi connectivity index (χ0n) is 23.1. The molecule has 2 rings (SSSR count). The fourth-order valence-electron chi connectivity index (χ4n) is 4.10. The van der Waals surface area contributed by atoms with Crippen LogP contribution in [0.25, 0.3) is 10.9 Å². The van der Waals surface area contributed by atoms with Crippen LogP contribution >= 0.6 is 11.8 Å². The first-order chi connectivity index (χ1) is 19.4. The van der Waals surface area contributed by atoms with E-state index in [1.54, 1.807) is 6.20 Å². The molecule has 0 aliphatic carbocycles. The molecule has 14 nitrogen and oxygen atoms in total. The summed E-state index contributed by atoms with van der Waals surface area (Å²) in [6.07, 6.45) is 3.08. The quantitative estimate of drug-likeness (QED) is 0.0600. The van der Waals surface area contributed by atoms with Crippen LogP contribution in [0.15, 0.2) is 35.5 Å². The smallest absolute Gasteiger partial charge is 0.328 e. The van der Waals surface area contributed by atoms with Crippen LogP contribution in [0.5, 0.6) is 0 Å². The lowest BCUT2D eigenvalue weighted by Crippen LogP contribution is -2.58. The number of carbonyl (C=O) groups excluding carboxylic acids is 3. The second kappa shape index (κ2) is 16.4. The molecule has 0 spiro atoms. The Kier molecular flexibility index (Phi) is 13.4. The Balaban J connectivity index is 2.15. The number of thioether (sulfide) groups is 1. The van der Waals surface area contributed by atoms with Gasteiger partial charge in [-0.05, 0) is 56.2 Å². The molecule has 15 heteroatoms. The molecule has 1 heterocycles. The van der Waals surface area contributed by atoms with Gasteiger partial charge in [-0.1, -0.05) is 18.2 Å². The highest BCUT2D eigenvalue weighted by Gasteiger charge is 2.31. The lowest BCUT2D eigenvalue weighted by molar-refractivity contribution is -0.145. The standard InChI is InChI=1S/C26H40N8O6S/c1-14(35)21(25(39)40)34-24(38)19(8-5-10-30-26(28)29)33-23(37)20(9-11-41-2)32-22(36)17(27)12-15-13-31-18-7-4-3-6-16(15)18/h3-4,6-7,13-14,17,19-21,31,35H,5,8-12,27H2,1-2H3,(H,32,36)(H,33,37)(H,34,38)(H,39,40)(H4,28,29,30). The predicted molar refractivity (Wildman–Crippen MR) is 158 cm³/mol. The van der Waals surface area contributed by atoms with E-state index < -0.39 is 54.0 Å². The maximum atomic E-state index is 13.3. The van der Waals surface area contributed by atoms with E-state index in [1.165, 1.54) is 18.7 Å². The van der Waals surface area contributed by atoms with Crippen LogP contribution in [-0.2, 0) is 25.6 Å². The fraction of sp³-hybridized carbons (Fsp3) is 0.500. The number of guanidine groups is 1. The van der Waals surface area contributed by atoms with Crippen LogP contribution in [0.1, 0.15) is 31.7 Å². The zero-order valence-corrected chi connectivity index (χ0v) is 23.9. The number of fused-ring (bicyclic) bond motifs is 1. The number of aromatic amines is 1. The van der Waals surface area contributed by atoms with Gasteiger partial charge in [-0.3, -0.25) is 19.4 Å². The van der Waals surface area contributed by atoms with Crippen LogP contribution < -0.4 is 33.2 Å². The van der Waals surface area contributed by atoms with Crippen LogP contribution in [0, 0.1) is 0 Å². The number of nitrogens with two attached hydrogens (primary N) is 3. The Morgan fingerprint density at radius 3 is 2.29 bits per heavy atom. The molecule has 5 atom stereocenters. The first-order valence-corrected chi connectivity index (χ1v) is 14.5. The molecule has 1 aromatic heterocycles. The number of nitrogens with one attached hydrogen (secondary N) is 4. The summed E-state index contributed by atoms with van der Waals surface area (Å²) in [6, 6.07) is 2.88. The van der Waals surface area contributed by atoms with Gasteiger partial charge in [0.2, 0.25) is 17.7 Å². The van der Waals surface area contributed by atoms with E-state index in [0.717, 1.165) is 16.5 Å². The lowest BCUT2D eigenvalue weighted by Gasteiger charge is -2.25. The number of aliphatic hydroxyl groups is 1. The molecule has 41 heavy (non-hydrogen) atoms. The van der Waals surface area contributed by atoms with Gasteiger partial charge in [0.25, 0.3) is 0 Å². The molecule has 0 bridgehead atoms. The van der Waals surface area contributed by atoms with Crippen LogP contribution in [0.3, 0.4) is 0 Å². The van der Waals surface area contributed by atoms with E-state index in [4.69, 9.17) is 17.2 Å². The molecule has 226 valence electrons. The monoisotopic (exact) mass is 592 g/mol. The molecule has 0 saturated carbocycles. The van der Waals surface area contributed by atoms with Gasteiger partial charge >= 0.3 is 5.97 Å². The maximum absolute atomic E-state index is 13.3. The first kappa shape index (κ1) is 33.4. The predicted octanol–water partition coefficient (Wildman–Crippen LogP) is -1.24. The Bertz CT molecular complexity index is 1220. The van der Waals surface area contributed by atoms with Gasteiger partial charge in [0.1, 0.15) is 12.1 Å². The number of hydrogen-bond donors (Lipinski definition) is 9. The van der Waals surface area contributed by atoms with E-state index in [1.807, 2.05) is 30.5 Å². The Hall–Kier alpha value is -3.82. The number of carboxylic acids is 1. The normalized spacial score (nSPS) is 14.7. The number of H-pyrrole nitrogens is 1. The average molecular weight is 593 g/mol. The van der Waals surface area contributed by atoms with Crippen molar-refractivity contribution in [3.8, 4) is 0 Å². The number of nitrogens with zero attached hydrogens (tertiary/aromatic N) is 1. The van der Waals surface area contributed by atoms with Crippen molar-refractivity contribution in [1.29, 1.82) is 0 Å². The minimum Gasteiger partial charge on any atom is -0.480 e. The number of aromatic nitrogens is 1.